The molecule has 116 valence electrons. The van der Waals surface area contributed by atoms with Gasteiger partial charge in [0.05, 0.1) is 11.9 Å². The fraction of sp³-hybridized carbons (Fsp3) is 0.375. The van der Waals surface area contributed by atoms with Crippen LogP contribution in [0, 0.1) is 0 Å². The maximum Gasteiger partial charge on any atom is 0.253 e. The second-order valence-corrected chi connectivity index (χ2v) is 5.55. The number of amides is 1. The summed E-state index contributed by atoms with van der Waals surface area (Å²) in [5.74, 6) is 0.0920. The molecule has 6 nitrogen and oxygen atoms in total. The smallest absolute Gasteiger partial charge is 0.253 e. The van der Waals surface area contributed by atoms with Crippen molar-refractivity contribution in [1.29, 1.82) is 0 Å². The largest absolute Gasteiger partial charge is 0.365 e. The van der Waals surface area contributed by atoms with Crippen LogP contribution in [0.15, 0.2) is 36.7 Å². The Labute approximate surface area is 130 Å². The Morgan fingerprint density at radius 3 is 2.41 bits per heavy atom. The lowest BCUT2D eigenvalue weighted by molar-refractivity contribution is 0.0747. The Balaban J connectivity index is 1.61. The molecule has 0 atom stereocenters. The van der Waals surface area contributed by atoms with Gasteiger partial charge in [-0.25, -0.2) is 0 Å². The number of anilines is 1. The van der Waals surface area contributed by atoms with Crippen LogP contribution in [0.5, 0.6) is 0 Å². The van der Waals surface area contributed by atoms with E-state index in [1.165, 1.54) is 0 Å². The predicted molar refractivity (Wildman–Crippen MR) is 85.7 cm³/mol. The molecule has 0 unspecified atom stereocenters. The number of hydrogen-bond acceptors (Lipinski definition) is 4. The van der Waals surface area contributed by atoms with Crippen molar-refractivity contribution in [3.05, 3.63) is 47.8 Å². The van der Waals surface area contributed by atoms with E-state index in [4.69, 9.17) is 5.73 Å². The van der Waals surface area contributed by atoms with E-state index in [9.17, 15) is 4.79 Å². The van der Waals surface area contributed by atoms with Crippen molar-refractivity contribution < 1.29 is 4.79 Å². The molecule has 6 heteroatoms. The maximum absolute atomic E-state index is 12.5. The first-order valence-corrected chi connectivity index (χ1v) is 7.49. The lowest BCUT2D eigenvalue weighted by atomic mass is 10.1. The summed E-state index contributed by atoms with van der Waals surface area (Å²) in [5, 5.41) is 4.19. The zero-order chi connectivity index (χ0) is 15.5. The maximum atomic E-state index is 12.5. The van der Waals surface area contributed by atoms with Crippen LogP contribution in [0.3, 0.4) is 0 Å². The quantitative estimate of drug-likeness (QED) is 0.912. The fourth-order valence-electron chi connectivity index (χ4n) is 2.71. The Hall–Kier alpha value is -2.34. The molecule has 1 fully saturated rings. The van der Waals surface area contributed by atoms with E-state index in [-0.39, 0.29) is 5.91 Å². The molecule has 1 aromatic carbocycles. The molecule has 0 saturated carbocycles. The van der Waals surface area contributed by atoms with Gasteiger partial charge in [-0.3, -0.25) is 9.48 Å². The number of carbonyl (C=O) groups excluding carboxylic acids is 1. The van der Waals surface area contributed by atoms with Crippen LogP contribution >= 0.6 is 0 Å². The lowest BCUT2D eigenvalue weighted by Gasteiger charge is -2.35. The van der Waals surface area contributed by atoms with E-state index >= 15 is 0 Å². The summed E-state index contributed by atoms with van der Waals surface area (Å²) >= 11 is 0. The first-order valence-electron chi connectivity index (χ1n) is 7.49. The van der Waals surface area contributed by atoms with Crippen LogP contribution in [-0.4, -0.2) is 46.8 Å². The standard InChI is InChI=1S/C16H21N5O/c1-19-12-15(11-18-19)20-6-8-21(9-7-20)16(22)14-4-2-13(10-17)3-5-14/h2-5,11-12H,6-10,17H2,1H3. The average Bonchev–Trinajstić information content (AvgIpc) is 3.01. The number of nitrogens with two attached hydrogens (primary N) is 1. The predicted octanol–water partition coefficient (Wildman–Crippen LogP) is 0.841. The van der Waals surface area contributed by atoms with Gasteiger partial charge in [-0.1, -0.05) is 12.1 Å². The number of carbonyl (C=O) groups is 1. The van der Waals surface area contributed by atoms with E-state index in [2.05, 4.69) is 10.00 Å². The number of rotatable bonds is 3. The summed E-state index contributed by atoms with van der Waals surface area (Å²) in [4.78, 5) is 16.7. The van der Waals surface area contributed by atoms with E-state index in [1.807, 2.05) is 48.6 Å². The van der Waals surface area contributed by atoms with Crippen molar-refractivity contribution in [3.8, 4) is 0 Å². The van der Waals surface area contributed by atoms with Gasteiger partial charge in [0, 0.05) is 51.5 Å². The monoisotopic (exact) mass is 299 g/mol. The van der Waals surface area contributed by atoms with Gasteiger partial charge in [0.25, 0.3) is 5.91 Å². The third-order valence-corrected chi connectivity index (χ3v) is 4.06. The number of piperazine rings is 1. The molecule has 2 aromatic rings. The van der Waals surface area contributed by atoms with Crippen LogP contribution in [0.2, 0.25) is 0 Å². The van der Waals surface area contributed by atoms with Crippen molar-refractivity contribution in [2.75, 3.05) is 31.1 Å². The number of aryl methyl sites for hydroxylation is 1. The Bertz CT molecular complexity index is 641. The SMILES string of the molecule is Cn1cc(N2CCN(C(=O)c3ccc(CN)cc3)CC2)cn1. The van der Waals surface area contributed by atoms with Gasteiger partial charge in [-0.15, -0.1) is 0 Å². The highest BCUT2D eigenvalue weighted by molar-refractivity contribution is 5.94. The molecular weight excluding hydrogens is 278 g/mol. The van der Waals surface area contributed by atoms with Crippen LogP contribution in [0.4, 0.5) is 5.69 Å². The fourth-order valence-corrected chi connectivity index (χ4v) is 2.71. The Kier molecular flexibility index (Phi) is 4.11. The number of aromatic nitrogens is 2. The van der Waals surface area contributed by atoms with Gasteiger partial charge in [-0.05, 0) is 17.7 Å². The van der Waals surface area contributed by atoms with Crippen LogP contribution in [0.25, 0.3) is 0 Å². The van der Waals surface area contributed by atoms with Crippen molar-refractivity contribution >= 4 is 11.6 Å². The molecule has 0 bridgehead atoms. The Morgan fingerprint density at radius 1 is 1.18 bits per heavy atom. The van der Waals surface area contributed by atoms with Crippen molar-refractivity contribution in [2.45, 2.75) is 6.54 Å². The molecule has 1 aliphatic heterocycles. The number of hydrogen-bond donors (Lipinski definition) is 1. The molecule has 1 amide bonds. The summed E-state index contributed by atoms with van der Waals surface area (Å²) in [6, 6.07) is 7.55. The Morgan fingerprint density at radius 2 is 1.86 bits per heavy atom. The van der Waals surface area contributed by atoms with Crippen molar-refractivity contribution in [3.63, 3.8) is 0 Å². The molecule has 0 aliphatic carbocycles. The number of benzene rings is 1. The highest BCUT2D eigenvalue weighted by Crippen LogP contribution is 2.16. The second kappa shape index (κ2) is 6.19. The lowest BCUT2D eigenvalue weighted by Crippen LogP contribution is -2.48. The molecular formula is C16H21N5O. The first kappa shape index (κ1) is 14.6. The van der Waals surface area contributed by atoms with Gasteiger partial charge >= 0.3 is 0 Å². The zero-order valence-corrected chi connectivity index (χ0v) is 12.8. The summed E-state index contributed by atoms with van der Waals surface area (Å²) in [5.41, 5.74) is 8.46. The molecule has 0 spiro atoms. The average molecular weight is 299 g/mol. The molecule has 22 heavy (non-hydrogen) atoms. The molecule has 0 radical (unpaired) electrons. The number of nitrogens with zero attached hydrogens (tertiary/aromatic N) is 4. The highest BCUT2D eigenvalue weighted by atomic mass is 16.2. The van der Waals surface area contributed by atoms with E-state index in [1.54, 1.807) is 4.68 Å². The third-order valence-electron chi connectivity index (χ3n) is 4.06. The van der Waals surface area contributed by atoms with Gasteiger partial charge in [0.15, 0.2) is 0 Å². The van der Waals surface area contributed by atoms with E-state index < -0.39 is 0 Å². The van der Waals surface area contributed by atoms with E-state index in [0.29, 0.717) is 6.54 Å². The van der Waals surface area contributed by atoms with Gasteiger partial charge in [0.1, 0.15) is 0 Å². The van der Waals surface area contributed by atoms with Gasteiger partial charge < -0.3 is 15.5 Å². The normalized spacial score (nSPS) is 15.2. The van der Waals surface area contributed by atoms with Gasteiger partial charge in [-0.2, -0.15) is 5.10 Å². The summed E-state index contributed by atoms with van der Waals surface area (Å²) in [7, 11) is 1.91. The zero-order valence-electron chi connectivity index (χ0n) is 12.8. The van der Waals surface area contributed by atoms with E-state index in [0.717, 1.165) is 43.0 Å². The summed E-state index contributed by atoms with van der Waals surface area (Å²) in [6.07, 6.45) is 3.87. The molecule has 3 rings (SSSR count). The minimum atomic E-state index is 0.0920. The van der Waals surface area contributed by atoms with Crippen LogP contribution in [0.1, 0.15) is 15.9 Å². The molecule has 1 saturated heterocycles. The minimum Gasteiger partial charge on any atom is -0.365 e. The third kappa shape index (κ3) is 2.96. The first-order chi connectivity index (χ1) is 10.7. The van der Waals surface area contributed by atoms with Crippen LogP contribution in [-0.2, 0) is 13.6 Å². The van der Waals surface area contributed by atoms with Crippen LogP contribution < -0.4 is 10.6 Å². The summed E-state index contributed by atoms with van der Waals surface area (Å²) in [6.45, 7) is 3.62. The summed E-state index contributed by atoms with van der Waals surface area (Å²) < 4.78 is 1.80. The van der Waals surface area contributed by atoms with Crippen molar-refractivity contribution in [2.24, 2.45) is 12.8 Å². The topological polar surface area (TPSA) is 67.4 Å². The molecule has 2 N–H and O–H groups in total. The molecule has 2 heterocycles. The minimum absolute atomic E-state index is 0.0920. The molecule has 1 aromatic heterocycles. The van der Waals surface area contributed by atoms with Crippen molar-refractivity contribution in [1.82, 2.24) is 14.7 Å². The van der Waals surface area contributed by atoms with Gasteiger partial charge in [0.2, 0.25) is 0 Å². The highest BCUT2D eigenvalue weighted by Gasteiger charge is 2.22. The molecule has 1 aliphatic rings. The second-order valence-electron chi connectivity index (χ2n) is 5.55.